The summed E-state index contributed by atoms with van der Waals surface area (Å²) in [5, 5.41) is 3.46. The molecule has 0 bridgehead atoms. The predicted molar refractivity (Wildman–Crippen MR) is 116 cm³/mol. The fourth-order valence-electron chi connectivity index (χ4n) is 2.67. The Balaban J connectivity index is 1.55. The molecule has 4 nitrogen and oxygen atoms in total. The molecule has 0 aliphatic carbocycles. The molecule has 28 heavy (non-hydrogen) atoms. The molecule has 0 unspecified atom stereocenters. The second kappa shape index (κ2) is 9.13. The first-order valence-corrected chi connectivity index (χ1v) is 9.81. The van der Waals surface area contributed by atoms with Gasteiger partial charge in [0.2, 0.25) is 0 Å². The van der Waals surface area contributed by atoms with E-state index in [1.165, 1.54) is 0 Å². The van der Waals surface area contributed by atoms with E-state index in [4.69, 9.17) is 21.1 Å². The molecule has 0 aliphatic rings. The Kier molecular flexibility index (Phi) is 6.60. The molecule has 0 heterocycles. The van der Waals surface area contributed by atoms with Crippen LogP contribution in [-0.2, 0) is 4.79 Å². The van der Waals surface area contributed by atoms with Gasteiger partial charge in [0.05, 0.1) is 4.47 Å². The quantitative estimate of drug-likeness (QED) is 0.455. The van der Waals surface area contributed by atoms with Crippen LogP contribution in [0.4, 0.5) is 5.69 Å². The van der Waals surface area contributed by atoms with E-state index in [0.29, 0.717) is 28.0 Å². The molecule has 0 atom stereocenters. The third-order valence-corrected chi connectivity index (χ3v) is 4.75. The van der Waals surface area contributed by atoms with Gasteiger partial charge in [-0.1, -0.05) is 17.7 Å². The van der Waals surface area contributed by atoms with Crippen LogP contribution in [0.25, 0.3) is 0 Å². The number of benzene rings is 3. The maximum atomic E-state index is 12.2. The van der Waals surface area contributed by atoms with Gasteiger partial charge in [-0.3, -0.25) is 4.79 Å². The minimum atomic E-state index is -0.238. The van der Waals surface area contributed by atoms with Crippen LogP contribution in [0.5, 0.6) is 17.2 Å². The molecule has 0 fully saturated rings. The highest BCUT2D eigenvalue weighted by Crippen LogP contribution is 2.30. The Hall–Kier alpha value is -2.50. The SMILES string of the molecule is Cc1cc(C)c(OCC(=O)Nc2ccc(Oc3ccc(Cl)cc3)cc2)c(Br)c1. The summed E-state index contributed by atoms with van der Waals surface area (Å²) in [5.74, 6) is 1.79. The van der Waals surface area contributed by atoms with Gasteiger partial charge < -0.3 is 14.8 Å². The van der Waals surface area contributed by atoms with Crippen molar-refractivity contribution in [1.82, 2.24) is 0 Å². The Morgan fingerprint density at radius 1 is 1.00 bits per heavy atom. The molecule has 0 aromatic heterocycles. The minimum Gasteiger partial charge on any atom is -0.482 e. The van der Waals surface area contributed by atoms with Crippen molar-refractivity contribution < 1.29 is 14.3 Å². The lowest BCUT2D eigenvalue weighted by atomic mass is 10.1. The van der Waals surface area contributed by atoms with Crippen molar-refractivity contribution in [3.8, 4) is 17.2 Å². The number of hydrogen-bond donors (Lipinski definition) is 1. The van der Waals surface area contributed by atoms with Gasteiger partial charge in [-0.25, -0.2) is 0 Å². The average Bonchev–Trinajstić information content (AvgIpc) is 2.64. The van der Waals surface area contributed by atoms with E-state index < -0.39 is 0 Å². The maximum absolute atomic E-state index is 12.2. The summed E-state index contributed by atoms with van der Waals surface area (Å²) in [6, 6.07) is 18.2. The number of hydrogen-bond acceptors (Lipinski definition) is 3. The predicted octanol–water partition coefficient (Wildman–Crippen LogP) is 6.53. The van der Waals surface area contributed by atoms with Crippen molar-refractivity contribution in [1.29, 1.82) is 0 Å². The molecule has 1 N–H and O–H groups in total. The number of carbonyl (C=O) groups excluding carboxylic acids is 1. The van der Waals surface area contributed by atoms with Gasteiger partial charge in [0, 0.05) is 10.7 Å². The van der Waals surface area contributed by atoms with Crippen molar-refractivity contribution in [3.05, 3.63) is 81.3 Å². The van der Waals surface area contributed by atoms with Gasteiger partial charge >= 0.3 is 0 Å². The largest absolute Gasteiger partial charge is 0.482 e. The molecular weight excluding hydrogens is 442 g/mol. The van der Waals surface area contributed by atoms with Crippen LogP contribution in [0, 0.1) is 13.8 Å². The fraction of sp³-hybridized carbons (Fsp3) is 0.136. The molecule has 6 heteroatoms. The number of carbonyl (C=O) groups is 1. The molecule has 0 aliphatic heterocycles. The van der Waals surface area contributed by atoms with Gasteiger partial charge in [0.15, 0.2) is 6.61 Å². The fourth-order valence-corrected chi connectivity index (χ4v) is 3.58. The molecule has 3 aromatic rings. The third-order valence-electron chi connectivity index (χ3n) is 3.91. The van der Waals surface area contributed by atoms with Gasteiger partial charge in [0.25, 0.3) is 5.91 Å². The van der Waals surface area contributed by atoms with Crippen molar-refractivity contribution >= 4 is 39.1 Å². The highest BCUT2D eigenvalue weighted by atomic mass is 79.9. The molecular formula is C22H19BrClNO3. The van der Waals surface area contributed by atoms with Crippen LogP contribution < -0.4 is 14.8 Å². The van der Waals surface area contributed by atoms with E-state index in [1.54, 1.807) is 48.5 Å². The normalized spacial score (nSPS) is 10.4. The Labute approximate surface area is 177 Å². The number of ether oxygens (including phenoxy) is 2. The summed E-state index contributed by atoms with van der Waals surface area (Å²) in [5.41, 5.74) is 2.77. The van der Waals surface area contributed by atoms with Gasteiger partial charge in [-0.15, -0.1) is 0 Å². The van der Waals surface area contributed by atoms with Crippen molar-refractivity contribution in [2.24, 2.45) is 0 Å². The highest BCUT2D eigenvalue weighted by Gasteiger charge is 2.10. The van der Waals surface area contributed by atoms with Crippen molar-refractivity contribution in [2.45, 2.75) is 13.8 Å². The summed E-state index contributed by atoms with van der Waals surface area (Å²) in [4.78, 5) is 12.2. The van der Waals surface area contributed by atoms with Gasteiger partial charge in [0.1, 0.15) is 17.2 Å². The van der Waals surface area contributed by atoms with E-state index in [1.807, 2.05) is 26.0 Å². The zero-order chi connectivity index (χ0) is 20.1. The van der Waals surface area contributed by atoms with Crippen molar-refractivity contribution in [3.63, 3.8) is 0 Å². The first-order chi connectivity index (χ1) is 13.4. The van der Waals surface area contributed by atoms with Gasteiger partial charge in [-0.2, -0.15) is 0 Å². The number of nitrogens with one attached hydrogen (secondary N) is 1. The zero-order valence-corrected chi connectivity index (χ0v) is 17.8. The zero-order valence-electron chi connectivity index (χ0n) is 15.5. The Bertz CT molecular complexity index is 949. The average molecular weight is 461 g/mol. The van der Waals surface area contributed by atoms with E-state index in [9.17, 15) is 4.79 Å². The lowest BCUT2D eigenvalue weighted by Gasteiger charge is -2.12. The summed E-state index contributed by atoms with van der Waals surface area (Å²) in [6.45, 7) is 3.88. The molecule has 3 aromatic carbocycles. The molecule has 0 spiro atoms. The number of rotatable bonds is 6. The van der Waals surface area contributed by atoms with Gasteiger partial charge in [-0.05, 0) is 95.5 Å². The second-order valence-corrected chi connectivity index (χ2v) is 7.60. The highest BCUT2D eigenvalue weighted by molar-refractivity contribution is 9.10. The molecule has 0 saturated heterocycles. The van der Waals surface area contributed by atoms with E-state index in [0.717, 1.165) is 15.6 Å². The van der Waals surface area contributed by atoms with E-state index >= 15 is 0 Å². The van der Waals surface area contributed by atoms with Crippen LogP contribution >= 0.6 is 27.5 Å². The first-order valence-electron chi connectivity index (χ1n) is 8.63. The minimum absolute atomic E-state index is 0.0779. The molecule has 0 radical (unpaired) electrons. The number of anilines is 1. The van der Waals surface area contributed by atoms with Crippen LogP contribution in [0.2, 0.25) is 5.02 Å². The van der Waals surface area contributed by atoms with E-state index in [-0.39, 0.29) is 12.5 Å². The molecule has 1 amide bonds. The lowest BCUT2D eigenvalue weighted by Crippen LogP contribution is -2.20. The molecule has 144 valence electrons. The van der Waals surface area contributed by atoms with Crippen LogP contribution in [0.15, 0.2) is 65.1 Å². The lowest BCUT2D eigenvalue weighted by molar-refractivity contribution is -0.118. The standard InChI is InChI=1S/C22H19BrClNO3/c1-14-11-15(2)22(20(23)12-14)27-13-21(26)25-17-5-9-19(10-6-17)28-18-7-3-16(24)4-8-18/h3-12H,13H2,1-2H3,(H,25,26). The number of halogens is 2. The summed E-state index contributed by atoms with van der Waals surface area (Å²) in [6.07, 6.45) is 0. The summed E-state index contributed by atoms with van der Waals surface area (Å²) in [7, 11) is 0. The topological polar surface area (TPSA) is 47.6 Å². The number of amides is 1. The third kappa shape index (κ3) is 5.50. The smallest absolute Gasteiger partial charge is 0.262 e. The number of aryl methyl sites for hydroxylation is 2. The summed E-state index contributed by atoms with van der Waals surface area (Å²) < 4.78 is 12.2. The Morgan fingerprint density at radius 3 is 2.21 bits per heavy atom. The van der Waals surface area contributed by atoms with Crippen LogP contribution in [0.3, 0.4) is 0 Å². The van der Waals surface area contributed by atoms with Crippen LogP contribution in [0.1, 0.15) is 11.1 Å². The Morgan fingerprint density at radius 2 is 1.61 bits per heavy atom. The molecule has 0 saturated carbocycles. The monoisotopic (exact) mass is 459 g/mol. The van der Waals surface area contributed by atoms with Crippen LogP contribution in [-0.4, -0.2) is 12.5 Å². The van der Waals surface area contributed by atoms with E-state index in [2.05, 4.69) is 21.2 Å². The summed E-state index contributed by atoms with van der Waals surface area (Å²) >= 11 is 9.34. The second-order valence-electron chi connectivity index (χ2n) is 6.31. The maximum Gasteiger partial charge on any atom is 0.262 e. The van der Waals surface area contributed by atoms with Crippen molar-refractivity contribution in [2.75, 3.05) is 11.9 Å². The molecule has 3 rings (SSSR count). The first kappa shape index (κ1) is 20.2.